The smallest absolute Gasteiger partial charge is 0.0969 e. The normalized spacial score (nSPS) is 10.5. The van der Waals surface area contributed by atoms with E-state index in [0.717, 1.165) is 11.3 Å². The Morgan fingerprint density at radius 1 is 0.667 bits per heavy atom. The van der Waals surface area contributed by atoms with Crippen molar-refractivity contribution in [3.05, 3.63) is 90.3 Å². The van der Waals surface area contributed by atoms with Gasteiger partial charge in [-0.1, -0.05) is 48.4 Å². The van der Waals surface area contributed by atoms with Crippen LogP contribution in [-0.2, 0) is 0 Å². The third-order valence-corrected chi connectivity index (χ3v) is 3.67. The first-order chi connectivity index (χ1) is 10.4. The van der Waals surface area contributed by atoms with E-state index in [0.29, 0.717) is 0 Å². The molecule has 21 heavy (non-hydrogen) atoms. The van der Waals surface area contributed by atoms with Crippen molar-refractivity contribution >= 4 is 16.3 Å². The van der Waals surface area contributed by atoms with E-state index >= 15 is 0 Å². The summed E-state index contributed by atoms with van der Waals surface area (Å²) >= 11 is 0. The van der Waals surface area contributed by atoms with Gasteiger partial charge in [0.1, 0.15) is 0 Å². The first-order valence-electron chi connectivity index (χ1n) is 6.98. The Bertz CT molecular complexity index is 982. The number of rotatable bonds is 0. The molecule has 0 aliphatic rings. The molecule has 1 heteroatoms. The zero-order valence-electron chi connectivity index (χ0n) is 11.5. The second kappa shape index (κ2) is 4.85. The molecule has 0 saturated carbocycles. The molecule has 0 spiro atoms. The first-order valence-corrected chi connectivity index (χ1v) is 6.98. The van der Waals surface area contributed by atoms with Crippen molar-refractivity contribution in [3.63, 3.8) is 0 Å². The highest BCUT2D eigenvalue weighted by Crippen LogP contribution is 2.21. The van der Waals surface area contributed by atoms with Crippen LogP contribution in [0.3, 0.4) is 0 Å². The maximum absolute atomic E-state index is 3.26. The average molecular weight is 267 g/mol. The number of aromatic nitrogens is 1. The van der Waals surface area contributed by atoms with Gasteiger partial charge in [-0.25, -0.2) is 0 Å². The highest BCUT2D eigenvalue weighted by Gasteiger charge is 2.02. The van der Waals surface area contributed by atoms with E-state index in [1.165, 1.54) is 16.3 Å². The lowest BCUT2D eigenvalue weighted by Gasteiger charge is -2.02. The minimum absolute atomic E-state index is 1.01. The van der Waals surface area contributed by atoms with Crippen molar-refractivity contribution in [1.29, 1.82) is 0 Å². The number of nitrogens with zero attached hydrogens (tertiary/aromatic N) is 1. The summed E-state index contributed by atoms with van der Waals surface area (Å²) in [5.74, 6) is 6.48. The summed E-state index contributed by atoms with van der Waals surface area (Å²) in [6.45, 7) is 0. The van der Waals surface area contributed by atoms with Crippen LogP contribution in [0.15, 0.2) is 79.0 Å². The van der Waals surface area contributed by atoms with Crippen LogP contribution < -0.4 is 0 Å². The lowest BCUT2D eigenvalue weighted by Crippen LogP contribution is -1.88. The average Bonchev–Trinajstić information content (AvgIpc) is 2.97. The number of benzene rings is 2. The van der Waals surface area contributed by atoms with E-state index in [9.17, 15) is 0 Å². The Labute approximate surface area is 123 Å². The molecule has 0 amide bonds. The predicted molar refractivity (Wildman–Crippen MR) is 87.3 cm³/mol. The largest absolute Gasteiger partial charge is 0.309 e. The van der Waals surface area contributed by atoms with E-state index in [2.05, 4.69) is 64.9 Å². The molecular weight excluding hydrogens is 254 g/mol. The highest BCUT2D eigenvalue weighted by molar-refractivity contribution is 5.96. The van der Waals surface area contributed by atoms with Crippen LogP contribution in [0, 0.1) is 11.8 Å². The van der Waals surface area contributed by atoms with Gasteiger partial charge in [0.25, 0.3) is 0 Å². The molecule has 0 unspecified atom stereocenters. The summed E-state index contributed by atoms with van der Waals surface area (Å²) < 4.78 is 2.15. The Hall–Kier alpha value is -2.98. The predicted octanol–water partition coefficient (Wildman–Crippen LogP) is 4.49. The van der Waals surface area contributed by atoms with Crippen LogP contribution in [0.25, 0.3) is 16.3 Å². The van der Waals surface area contributed by atoms with Gasteiger partial charge in [-0.15, -0.1) is 0 Å². The fourth-order valence-electron chi connectivity index (χ4n) is 2.62. The van der Waals surface area contributed by atoms with Gasteiger partial charge >= 0.3 is 0 Å². The molecule has 0 bridgehead atoms. The maximum Gasteiger partial charge on any atom is 0.0969 e. The summed E-state index contributed by atoms with van der Waals surface area (Å²) in [5.41, 5.74) is 3.25. The molecule has 0 atom stereocenters. The van der Waals surface area contributed by atoms with Crippen LogP contribution in [0.5, 0.6) is 0 Å². The third-order valence-electron chi connectivity index (χ3n) is 3.67. The van der Waals surface area contributed by atoms with Crippen LogP contribution in [-0.4, -0.2) is 4.40 Å². The molecule has 0 N–H and O–H groups in total. The molecule has 0 saturated heterocycles. The van der Waals surface area contributed by atoms with E-state index in [1.807, 2.05) is 30.3 Å². The van der Waals surface area contributed by atoms with Crippen LogP contribution in [0.4, 0.5) is 0 Å². The molecule has 2 aromatic carbocycles. The molecule has 1 nitrogen and oxygen atoms in total. The van der Waals surface area contributed by atoms with Gasteiger partial charge in [0.2, 0.25) is 0 Å². The molecule has 98 valence electrons. The zero-order chi connectivity index (χ0) is 14.1. The van der Waals surface area contributed by atoms with Gasteiger partial charge in [-0.2, -0.15) is 0 Å². The minimum Gasteiger partial charge on any atom is -0.309 e. The summed E-state index contributed by atoms with van der Waals surface area (Å²) in [6, 6.07) is 24.9. The number of fused-ring (bicyclic) bond motifs is 3. The topological polar surface area (TPSA) is 4.41 Å². The summed E-state index contributed by atoms with van der Waals surface area (Å²) in [4.78, 5) is 0. The van der Waals surface area contributed by atoms with Crippen molar-refractivity contribution in [1.82, 2.24) is 4.40 Å². The summed E-state index contributed by atoms with van der Waals surface area (Å²) in [5, 5.41) is 2.51. The fraction of sp³-hybridized carbons (Fsp3) is 0. The third kappa shape index (κ3) is 2.07. The molecule has 0 fully saturated rings. The van der Waals surface area contributed by atoms with Crippen molar-refractivity contribution in [2.45, 2.75) is 0 Å². The molecule has 0 radical (unpaired) electrons. The van der Waals surface area contributed by atoms with Crippen LogP contribution in [0.2, 0.25) is 0 Å². The summed E-state index contributed by atoms with van der Waals surface area (Å²) in [7, 11) is 0. The van der Waals surface area contributed by atoms with Crippen LogP contribution >= 0.6 is 0 Å². The lowest BCUT2D eigenvalue weighted by molar-refractivity contribution is 1.18. The molecule has 2 aromatic heterocycles. The van der Waals surface area contributed by atoms with E-state index in [-0.39, 0.29) is 0 Å². The minimum atomic E-state index is 1.01. The van der Waals surface area contributed by atoms with Gasteiger partial charge in [0.05, 0.1) is 11.2 Å². The second-order valence-corrected chi connectivity index (χ2v) is 4.99. The van der Waals surface area contributed by atoms with Crippen LogP contribution in [0.1, 0.15) is 11.3 Å². The SMILES string of the molecule is C(#Cc1ccc2c3ccccc3ccn12)c1ccccc1. The molecule has 0 aliphatic heterocycles. The Balaban J connectivity index is 1.88. The second-order valence-electron chi connectivity index (χ2n) is 4.99. The first kappa shape index (κ1) is 11.8. The van der Waals surface area contributed by atoms with E-state index in [1.54, 1.807) is 0 Å². The number of pyridine rings is 1. The van der Waals surface area contributed by atoms with E-state index in [4.69, 9.17) is 0 Å². The van der Waals surface area contributed by atoms with Gasteiger partial charge in [-0.3, -0.25) is 0 Å². The molecule has 0 aliphatic carbocycles. The fourth-order valence-corrected chi connectivity index (χ4v) is 2.62. The number of hydrogen-bond acceptors (Lipinski definition) is 0. The highest BCUT2D eigenvalue weighted by atomic mass is 14.9. The number of hydrogen-bond donors (Lipinski definition) is 0. The van der Waals surface area contributed by atoms with Crippen molar-refractivity contribution in [2.75, 3.05) is 0 Å². The molecule has 2 heterocycles. The Kier molecular flexibility index (Phi) is 2.73. The zero-order valence-corrected chi connectivity index (χ0v) is 11.5. The quantitative estimate of drug-likeness (QED) is 0.413. The Morgan fingerprint density at radius 2 is 1.48 bits per heavy atom. The standard InChI is InChI=1S/C20H13N/c1-2-6-16(7-3-1)10-11-18-12-13-20-19-9-5-4-8-17(19)14-15-21(18)20/h1-9,12-15H. The van der Waals surface area contributed by atoms with Crippen molar-refractivity contribution < 1.29 is 0 Å². The monoisotopic (exact) mass is 267 g/mol. The summed E-state index contributed by atoms with van der Waals surface area (Å²) in [6.07, 6.45) is 2.09. The van der Waals surface area contributed by atoms with Gasteiger partial charge in [0.15, 0.2) is 0 Å². The Morgan fingerprint density at radius 3 is 2.38 bits per heavy atom. The van der Waals surface area contributed by atoms with Gasteiger partial charge < -0.3 is 4.40 Å². The lowest BCUT2D eigenvalue weighted by atomic mass is 10.1. The van der Waals surface area contributed by atoms with Gasteiger partial charge in [0, 0.05) is 17.1 Å². The molecule has 4 rings (SSSR count). The van der Waals surface area contributed by atoms with Crippen molar-refractivity contribution in [2.24, 2.45) is 0 Å². The van der Waals surface area contributed by atoms with E-state index < -0.39 is 0 Å². The van der Waals surface area contributed by atoms with Gasteiger partial charge in [-0.05, 0) is 41.6 Å². The van der Waals surface area contributed by atoms with Crippen molar-refractivity contribution in [3.8, 4) is 11.8 Å². The molecule has 4 aromatic rings. The molecular formula is C20H13N. The maximum atomic E-state index is 3.26.